The number of fused-ring (bicyclic) bond motifs is 1. The van der Waals surface area contributed by atoms with Crippen LogP contribution in [0.5, 0.6) is 0 Å². The van der Waals surface area contributed by atoms with Gasteiger partial charge in [0.05, 0.1) is 12.8 Å². The Morgan fingerprint density at radius 1 is 1.04 bits per heavy atom. The molecule has 2 aromatic carbocycles. The Morgan fingerprint density at radius 2 is 1.68 bits per heavy atom. The lowest BCUT2D eigenvalue weighted by Crippen LogP contribution is -2.16. The van der Waals surface area contributed by atoms with Crippen LogP contribution in [0.3, 0.4) is 0 Å². The first-order chi connectivity index (χ1) is 13.5. The maximum absolute atomic E-state index is 12.3. The maximum atomic E-state index is 12.3. The van der Waals surface area contributed by atoms with Crippen molar-refractivity contribution in [1.29, 1.82) is 0 Å². The Labute approximate surface area is 162 Å². The fourth-order valence-electron chi connectivity index (χ4n) is 2.78. The van der Waals surface area contributed by atoms with E-state index in [9.17, 15) is 14.7 Å². The summed E-state index contributed by atoms with van der Waals surface area (Å²) in [4.78, 5) is 32.8. The summed E-state index contributed by atoms with van der Waals surface area (Å²) in [6.07, 6.45) is 3.02. The van der Waals surface area contributed by atoms with Gasteiger partial charge in [-0.25, -0.2) is 9.79 Å². The normalized spacial score (nSPS) is 15.2. The van der Waals surface area contributed by atoms with Crippen molar-refractivity contribution in [2.75, 3.05) is 7.11 Å². The van der Waals surface area contributed by atoms with Gasteiger partial charge in [0, 0.05) is 17.2 Å². The first-order valence-electron chi connectivity index (χ1n) is 8.54. The monoisotopic (exact) mass is 374 g/mol. The van der Waals surface area contributed by atoms with Crippen LogP contribution in [0.15, 0.2) is 82.0 Å². The number of carbonyl (C=O) groups excluding carboxylic acids is 2. The van der Waals surface area contributed by atoms with Gasteiger partial charge in [-0.05, 0) is 18.6 Å². The van der Waals surface area contributed by atoms with E-state index in [1.54, 1.807) is 30.3 Å². The average Bonchev–Trinajstić information content (AvgIpc) is 3.05. The Balaban J connectivity index is 1.99. The predicted octanol–water partition coefficient (Wildman–Crippen LogP) is 3.48. The van der Waals surface area contributed by atoms with Gasteiger partial charge in [0.1, 0.15) is 11.3 Å². The number of hydrogen-bond acceptors (Lipinski definition) is 4. The number of benzene rings is 2. The number of carbonyl (C=O) groups is 2. The van der Waals surface area contributed by atoms with Crippen LogP contribution in [-0.2, 0) is 14.3 Å². The number of ether oxygens (including phenoxy) is 1. The minimum atomic E-state index is -0.717. The molecule has 0 aliphatic carbocycles. The van der Waals surface area contributed by atoms with Crippen molar-refractivity contribution in [3.05, 3.63) is 88.7 Å². The molecule has 0 fully saturated rings. The van der Waals surface area contributed by atoms with E-state index in [2.05, 4.69) is 9.98 Å². The van der Waals surface area contributed by atoms with Gasteiger partial charge in [-0.3, -0.25) is 4.79 Å². The number of rotatable bonds is 4. The zero-order valence-electron chi connectivity index (χ0n) is 15.4. The lowest BCUT2D eigenvalue weighted by molar-refractivity contribution is -0.135. The first kappa shape index (κ1) is 19.0. The van der Waals surface area contributed by atoms with E-state index < -0.39 is 11.9 Å². The molecule has 0 saturated heterocycles. The highest BCUT2D eigenvalue weighted by Crippen LogP contribution is 2.25. The quantitative estimate of drug-likeness (QED) is 0.504. The highest BCUT2D eigenvalue weighted by molar-refractivity contribution is 6.36. The third-order valence-electron chi connectivity index (χ3n) is 4.06. The van der Waals surface area contributed by atoms with Crippen LogP contribution in [0.25, 0.3) is 6.08 Å². The molecule has 0 atom stereocenters. The molecular weight excluding hydrogens is 356 g/mol. The number of esters is 1. The number of amidine groups is 1. The number of aliphatic hydroxyl groups excluding tert-OH is 1. The Kier molecular flexibility index (Phi) is 5.60. The lowest BCUT2D eigenvalue weighted by atomic mass is 9.99. The van der Waals surface area contributed by atoms with Crippen LogP contribution in [0.1, 0.15) is 23.6 Å². The summed E-state index contributed by atoms with van der Waals surface area (Å²) in [5, 5.41) is 9.96. The molecule has 3 rings (SSSR count). The summed E-state index contributed by atoms with van der Waals surface area (Å²) in [5.41, 5.74) is 2.23. The molecule has 0 unspecified atom stereocenters. The average molecular weight is 374 g/mol. The van der Waals surface area contributed by atoms with Crippen molar-refractivity contribution in [3.8, 4) is 0 Å². The largest absolute Gasteiger partial charge is 0.512 e. The summed E-state index contributed by atoms with van der Waals surface area (Å²) in [5.74, 6) is -1.25. The fourth-order valence-corrected chi connectivity index (χ4v) is 2.78. The van der Waals surface area contributed by atoms with Crippen molar-refractivity contribution in [2.45, 2.75) is 6.92 Å². The fraction of sp³-hybridized carbons (Fsp3) is 0.0909. The van der Waals surface area contributed by atoms with Crippen LogP contribution >= 0.6 is 0 Å². The van der Waals surface area contributed by atoms with Gasteiger partial charge >= 0.3 is 5.97 Å². The zero-order valence-corrected chi connectivity index (χ0v) is 15.4. The Bertz CT molecular complexity index is 1040. The van der Waals surface area contributed by atoms with Crippen molar-refractivity contribution in [2.24, 2.45) is 9.98 Å². The van der Waals surface area contributed by atoms with Gasteiger partial charge in [0.15, 0.2) is 5.84 Å². The van der Waals surface area contributed by atoms with Gasteiger partial charge in [-0.2, -0.15) is 4.99 Å². The van der Waals surface area contributed by atoms with E-state index in [-0.39, 0.29) is 22.9 Å². The van der Waals surface area contributed by atoms with E-state index in [1.807, 2.05) is 30.3 Å². The van der Waals surface area contributed by atoms with Crippen LogP contribution in [0.4, 0.5) is 0 Å². The van der Waals surface area contributed by atoms with E-state index >= 15 is 0 Å². The number of hydrogen-bond donors (Lipinski definition) is 1. The third kappa shape index (κ3) is 3.96. The van der Waals surface area contributed by atoms with Crippen LogP contribution < -0.4 is 0 Å². The molecule has 1 aliphatic rings. The molecule has 1 amide bonds. The molecule has 0 radical (unpaired) electrons. The summed E-state index contributed by atoms with van der Waals surface area (Å²) in [6, 6.07) is 16.4. The summed E-state index contributed by atoms with van der Waals surface area (Å²) < 4.78 is 4.75. The molecule has 1 heterocycles. The number of nitrogens with zero attached hydrogens (tertiary/aromatic N) is 2. The van der Waals surface area contributed by atoms with Gasteiger partial charge in [0.2, 0.25) is 0 Å². The molecule has 1 aliphatic heterocycles. The van der Waals surface area contributed by atoms with Gasteiger partial charge < -0.3 is 9.84 Å². The van der Waals surface area contributed by atoms with Crippen molar-refractivity contribution in [3.63, 3.8) is 0 Å². The molecule has 2 aromatic rings. The molecule has 6 heteroatoms. The molecule has 0 bridgehead atoms. The summed E-state index contributed by atoms with van der Waals surface area (Å²) in [6.45, 7) is 1.38. The molecular formula is C22H18N2O4. The second-order valence-electron chi connectivity index (χ2n) is 5.98. The molecule has 140 valence electrons. The van der Waals surface area contributed by atoms with Crippen LogP contribution in [0, 0.1) is 0 Å². The molecule has 1 N–H and O–H groups in total. The molecule has 0 aromatic heterocycles. The predicted molar refractivity (Wildman–Crippen MR) is 107 cm³/mol. The lowest BCUT2D eigenvalue weighted by Gasteiger charge is -2.07. The second-order valence-corrected chi connectivity index (χ2v) is 5.98. The van der Waals surface area contributed by atoms with E-state index in [4.69, 9.17) is 4.74 Å². The number of aliphatic imine (C=N–C) groups is 2. The minimum Gasteiger partial charge on any atom is -0.512 e. The SMILES string of the molecule is COC(=O)/C(C1=NC(=NC(=O)/C=C/c2ccccc2)c2ccccc21)=C(\C)O. The molecule has 28 heavy (non-hydrogen) atoms. The molecule has 0 spiro atoms. The highest BCUT2D eigenvalue weighted by atomic mass is 16.5. The van der Waals surface area contributed by atoms with Gasteiger partial charge in [-0.1, -0.05) is 54.6 Å². The van der Waals surface area contributed by atoms with Gasteiger partial charge in [-0.15, -0.1) is 0 Å². The summed E-state index contributed by atoms with van der Waals surface area (Å²) >= 11 is 0. The van der Waals surface area contributed by atoms with E-state index in [0.717, 1.165) is 5.56 Å². The number of aliphatic hydroxyl groups is 1. The van der Waals surface area contributed by atoms with E-state index in [1.165, 1.54) is 20.1 Å². The Hall–Kier alpha value is -3.80. The zero-order chi connectivity index (χ0) is 20.1. The van der Waals surface area contributed by atoms with Crippen molar-refractivity contribution >= 4 is 29.5 Å². The smallest absolute Gasteiger partial charge is 0.343 e. The van der Waals surface area contributed by atoms with Crippen LogP contribution in [0.2, 0.25) is 0 Å². The Morgan fingerprint density at radius 3 is 2.32 bits per heavy atom. The number of allylic oxidation sites excluding steroid dienone is 1. The topological polar surface area (TPSA) is 88.3 Å². The van der Waals surface area contributed by atoms with E-state index in [0.29, 0.717) is 11.1 Å². The highest BCUT2D eigenvalue weighted by Gasteiger charge is 2.30. The molecule has 6 nitrogen and oxygen atoms in total. The standard InChI is InChI=1S/C22H18N2O4/c1-14(25)19(22(27)28-2)20-16-10-6-7-11-17(16)21(24-20)23-18(26)13-12-15-8-4-3-5-9-15/h3-13,25H,1-2H3/b13-12+,19-14+,23-21?. The number of amides is 1. The second kappa shape index (κ2) is 8.26. The summed E-state index contributed by atoms with van der Waals surface area (Å²) in [7, 11) is 1.22. The first-order valence-corrected chi connectivity index (χ1v) is 8.54. The van der Waals surface area contributed by atoms with Crippen molar-refractivity contribution < 1.29 is 19.4 Å². The van der Waals surface area contributed by atoms with Gasteiger partial charge in [0.25, 0.3) is 5.91 Å². The number of methoxy groups -OCH3 is 1. The maximum Gasteiger partial charge on any atom is 0.343 e. The van der Waals surface area contributed by atoms with Crippen molar-refractivity contribution in [1.82, 2.24) is 0 Å². The third-order valence-corrected chi connectivity index (χ3v) is 4.06. The van der Waals surface area contributed by atoms with Crippen LogP contribution in [-0.4, -0.2) is 35.6 Å². The minimum absolute atomic E-state index is 0.0626. The molecule has 0 saturated carbocycles.